The summed E-state index contributed by atoms with van der Waals surface area (Å²) in [5.41, 5.74) is 7.07. The van der Waals surface area contributed by atoms with Crippen LogP contribution in [0.15, 0.2) is 6.20 Å². The first-order valence-corrected chi connectivity index (χ1v) is 5.49. The molecule has 0 aliphatic rings. The van der Waals surface area contributed by atoms with Crippen LogP contribution in [0.3, 0.4) is 0 Å². The van der Waals surface area contributed by atoms with Crippen LogP contribution in [0, 0.1) is 6.92 Å². The summed E-state index contributed by atoms with van der Waals surface area (Å²) in [4.78, 5) is 4.50. The number of aryl methyl sites for hydroxylation is 2. The molecule has 0 aliphatic carbocycles. The van der Waals surface area contributed by atoms with Crippen molar-refractivity contribution in [2.75, 3.05) is 0 Å². The van der Waals surface area contributed by atoms with E-state index in [9.17, 15) is 0 Å². The second-order valence-corrected chi connectivity index (χ2v) is 3.78. The van der Waals surface area contributed by atoms with Crippen molar-refractivity contribution in [2.24, 2.45) is 5.73 Å². The van der Waals surface area contributed by atoms with Crippen LogP contribution in [0.2, 0.25) is 0 Å². The Morgan fingerprint density at radius 1 is 1.50 bits per heavy atom. The monoisotopic (exact) mass is 195 g/mol. The van der Waals surface area contributed by atoms with Gasteiger partial charge in [0.1, 0.15) is 5.82 Å². The third-order valence-electron chi connectivity index (χ3n) is 2.46. The van der Waals surface area contributed by atoms with Gasteiger partial charge >= 0.3 is 0 Å². The predicted octanol–water partition coefficient (Wildman–Crippen LogP) is 2.40. The maximum absolute atomic E-state index is 6.00. The number of hydrogen-bond donors (Lipinski definition) is 1. The minimum Gasteiger partial charge on any atom is -0.319 e. The van der Waals surface area contributed by atoms with E-state index >= 15 is 0 Å². The number of nitrogens with two attached hydrogens (primary N) is 1. The normalized spacial score (nSPS) is 13.1. The lowest BCUT2D eigenvalue weighted by Gasteiger charge is -2.13. The zero-order valence-electron chi connectivity index (χ0n) is 9.45. The molecule has 0 spiro atoms. The fourth-order valence-corrected chi connectivity index (χ4v) is 1.57. The van der Waals surface area contributed by atoms with Gasteiger partial charge in [-0.05, 0) is 19.8 Å². The molecule has 80 valence electrons. The highest BCUT2D eigenvalue weighted by molar-refractivity contribution is 5.03. The van der Waals surface area contributed by atoms with Crippen molar-refractivity contribution in [1.29, 1.82) is 0 Å². The SMILES string of the molecule is CCCCc1nc(C)cn1C(N)CC. The maximum atomic E-state index is 6.00. The lowest BCUT2D eigenvalue weighted by atomic mass is 10.2. The summed E-state index contributed by atoms with van der Waals surface area (Å²) in [7, 11) is 0. The number of imidazole rings is 1. The Balaban J connectivity index is 2.79. The third kappa shape index (κ3) is 2.58. The molecule has 3 heteroatoms. The molecule has 1 unspecified atom stereocenters. The van der Waals surface area contributed by atoms with Gasteiger partial charge in [0.2, 0.25) is 0 Å². The number of nitrogens with zero attached hydrogens (tertiary/aromatic N) is 2. The summed E-state index contributed by atoms with van der Waals surface area (Å²) in [5.74, 6) is 1.14. The third-order valence-corrected chi connectivity index (χ3v) is 2.46. The first kappa shape index (κ1) is 11.2. The quantitative estimate of drug-likeness (QED) is 0.784. The summed E-state index contributed by atoms with van der Waals surface area (Å²) >= 11 is 0. The Labute approximate surface area is 86.3 Å². The zero-order valence-corrected chi connectivity index (χ0v) is 9.45. The molecule has 0 amide bonds. The van der Waals surface area contributed by atoms with E-state index < -0.39 is 0 Å². The van der Waals surface area contributed by atoms with E-state index in [1.165, 1.54) is 12.8 Å². The van der Waals surface area contributed by atoms with Gasteiger partial charge in [0.25, 0.3) is 0 Å². The van der Waals surface area contributed by atoms with Crippen molar-refractivity contribution in [2.45, 2.75) is 52.6 Å². The molecule has 1 atom stereocenters. The molecule has 1 aromatic heterocycles. The molecule has 0 bridgehead atoms. The molecule has 0 radical (unpaired) electrons. The number of hydrogen-bond acceptors (Lipinski definition) is 2. The van der Waals surface area contributed by atoms with Crippen molar-refractivity contribution in [3.05, 3.63) is 17.7 Å². The minimum atomic E-state index is 0.0862. The van der Waals surface area contributed by atoms with Gasteiger partial charge in [0.15, 0.2) is 0 Å². The summed E-state index contributed by atoms with van der Waals surface area (Å²) in [5, 5.41) is 0. The van der Waals surface area contributed by atoms with Gasteiger partial charge in [-0.2, -0.15) is 0 Å². The molecule has 1 aromatic rings. The standard InChI is InChI=1S/C11H21N3/c1-4-6-7-11-13-9(3)8-14(11)10(12)5-2/h8,10H,4-7,12H2,1-3H3. The predicted molar refractivity (Wildman–Crippen MR) is 59.1 cm³/mol. The molecule has 0 saturated carbocycles. The smallest absolute Gasteiger partial charge is 0.110 e. The molecule has 0 aromatic carbocycles. The number of aromatic nitrogens is 2. The lowest BCUT2D eigenvalue weighted by Crippen LogP contribution is -2.19. The molecule has 14 heavy (non-hydrogen) atoms. The van der Waals surface area contributed by atoms with E-state index in [4.69, 9.17) is 5.73 Å². The van der Waals surface area contributed by atoms with Crippen molar-refractivity contribution < 1.29 is 0 Å². The first-order valence-electron chi connectivity index (χ1n) is 5.49. The largest absolute Gasteiger partial charge is 0.319 e. The molecule has 2 N–H and O–H groups in total. The first-order chi connectivity index (χ1) is 6.69. The Kier molecular flexibility index (Phi) is 4.14. The average molecular weight is 195 g/mol. The van der Waals surface area contributed by atoms with Gasteiger partial charge < -0.3 is 10.3 Å². The maximum Gasteiger partial charge on any atom is 0.110 e. The average Bonchev–Trinajstić information content (AvgIpc) is 2.55. The molecule has 1 rings (SSSR count). The van der Waals surface area contributed by atoms with Crippen LogP contribution in [0.5, 0.6) is 0 Å². The summed E-state index contributed by atoms with van der Waals surface area (Å²) in [6, 6.07) is 0. The lowest BCUT2D eigenvalue weighted by molar-refractivity contribution is 0.481. The Hall–Kier alpha value is -0.830. The van der Waals surface area contributed by atoms with Gasteiger partial charge in [-0.25, -0.2) is 4.98 Å². The molecular weight excluding hydrogens is 174 g/mol. The highest BCUT2D eigenvalue weighted by atomic mass is 15.2. The molecule has 0 saturated heterocycles. The van der Waals surface area contributed by atoms with E-state index in [-0.39, 0.29) is 6.17 Å². The van der Waals surface area contributed by atoms with E-state index in [0.717, 1.165) is 24.4 Å². The van der Waals surface area contributed by atoms with E-state index in [0.29, 0.717) is 0 Å². The zero-order chi connectivity index (χ0) is 10.6. The van der Waals surface area contributed by atoms with Crippen molar-refractivity contribution in [1.82, 2.24) is 9.55 Å². The highest BCUT2D eigenvalue weighted by Gasteiger charge is 2.09. The minimum absolute atomic E-state index is 0.0862. The van der Waals surface area contributed by atoms with Gasteiger partial charge in [0, 0.05) is 12.6 Å². The van der Waals surface area contributed by atoms with Crippen molar-refractivity contribution in [3.63, 3.8) is 0 Å². The van der Waals surface area contributed by atoms with Crippen molar-refractivity contribution in [3.8, 4) is 0 Å². The van der Waals surface area contributed by atoms with Gasteiger partial charge in [-0.3, -0.25) is 0 Å². The highest BCUT2D eigenvalue weighted by Crippen LogP contribution is 2.12. The molecular formula is C11H21N3. The van der Waals surface area contributed by atoms with Crippen LogP contribution in [-0.2, 0) is 6.42 Å². The van der Waals surface area contributed by atoms with Crippen LogP contribution in [0.1, 0.15) is 50.8 Å². The summed E-state index contributed by atoms with van der Waals surface area (Å²) in [6.07, 6.45) is 6.52. The van der Waals surface area contributed by atoms with Gasteiger partial charge in [-0.1, -0.05) is 20.3 Å². The van der Waals surface area contributed by atoms with Gasteiger partial charge in [-0.15, -0.1) is 0 Å². The second kappa shape index (κ2) is 5.15. The fourth-order valence-electron chi connectivity index (χ4n) is 1.57. The molecule has 3 nitrogen and oxygen atoms in total. The van der Waals surface area contributed by atoms with Crippen LogP contribution in [0.4, 0.5) is 0 Å². The summed E-state index contributed by atoms with van der Waals surface area (Å²) < 4.78 is 2.12. The van der Waals surface area contributed by atoms with Gasteiger partial charge in [0.05, 0.1) is 11.9 Å². The van der Waals surface area contributed by atoms with E-state index in [1.807, 2.05) is 6.92 Å². The van der Waals surface area contributed by atoms with Crippen molar-refractivity contribution >= 4 is 0 Å². The van der Waals surface area contributed by atoms with Crippen LogP contribution >= 0.6 is 0 Å². The molecule has 0 fully saturated rings. The molecule has 0 aliphatic heterocycles. The summed E-state index contributed by atoms with van der Waals surface area (Å²) in [6.45, 7) is 6.32. The Bertz CT molecular complexity index is 278. The molecule has 1 heterocycles. The van der Waals surface area contributed by atoms with Crippen LogP contribution in [0.25, 0.3) is 0 Å². The second-order valence-electron chi connectivity index (χ2n) is 3.78. The van der Waals surface area contributed by atoms with Crippen LogP contribution in [-0.4, -0.2) is 9.55 Å². The number of rotatable bonds is 5. The number of unbranched alkanes of at least 4 members (excludes halogenated alkanes) is 1. The Morgan fingerprint density at radius 2 is 2.21 bits per heavy atom. The fraction of sp³-hybridized carbons (Fsp3) is 0.727. The van der Waals surface area contributed by atoms with E-state index in [2.05, 4.69) is 29.6 Å². The topological polar surface area (TPSA) is 43.8 Å². The van der Waals surface area contributed by atoms with E-state index in [1.54, 1.807) is 0 Å². The Morgan fingerprint density at radius 3 is 2.79 bits per heavy atom. The van der Waals surface area contributed by atoms with Crippen LogP contribution < -0.4 is 5.73 Å².